The second kappa shape index (κ2) is 6.33. The van der Waals surface area contributed by atoms with E-state index in [2.05, 4.69) is 15.6 Å². The van der Waals surface area contributed by atoms with Gasteiger partial charge >= 0.3 is 0 Å². The van der Waals surface area contributed by atoms with Crippen LogP contribution in [-0.2, 0) is 18.9 Å². The number of amides is 2. The number of carbonyl (C=O) groups excluding carboxylic acids is 2. The summed E-state index contributed by atoms with van der Waals surface area (Å²) in [6, 6.07) is 1.59. The van der Waals surface area contributed by atoms with Crippen molar-refractivity contribution in [3.05, 3.63) is 30.0 Å². The summed E-state index contributed by atoms with van der Waals surface area (Å²) in [6.45, 7) is 2.09. The molecular formula is C14H20N6O2. The van der Waals surface area contributed by atoms with Gasteiger partial charge in [0.1, 0.15) is 11.5 Å². The number of imidazole rings is 1. The molecule has 0 saturated heterocycles. The molecule has 0 unspecified atom stereocenters. The lowest BCUT2D eigenvalue weighted by Gasteiger charge is -2.06. The Morgan fingerprint density at radius 3 is 2.55 bits per heavy atom. The summed E-state index contributed by atoms with van der Waals surface area (Å²) in [6.07, 6.45) is 3.56. The number of nitrogen functional groups attached to an aromatic ring is 1. The third-order valence-corrected chi connectivity index (χ3v) is 3.27. The number of anilines is 2. The van der Waals surface area contributed by atoms with Crippen LogP contribution in [0, 0.1) is 6.92 Å². The first kappa shape index (κ1) is 15.6. The average Bonchev–Trinajstić information content (AvgIpc) is 2.92. The van der Waals surface area contributed by atoms with Crippen molar-refractivity contribution in [3.63, 3.8) is 0 Å². The maximum Gasteiger partial charge on any atom is 0.267 e. The second-order valence-corrected chi connectivity index (χ2v) is 5.11. The first-order valence-electron chi connectivity index (χ1n) is 6.86. The van der Waals surface area contributed by atoms with Gasteiger partial charge in [0.05, 0.1) is 5.69 Å². The van der Waals surface area contributed by atoms with E-state index in [1.54, 1.807) is 30.1 Å². The Bertz CT molecular complexity index is 681. The van der Waals surface area contributed by atoms with E-state index in [1.165, 1.54) is 0 Å². The molecule has 118 valence electrons. The number of rotatable bonds is 5. The summed E-state index contributed by atoms with van der Waals surface area (Å²) in [4.78, 5) is 27.9. The van der Waals surface area contributed by atoms with E-state index in [0.29, 0.717) is 17.2 Å². The monoisotopic (exact) mass is 304 g/mol. The summed E-state index contributed by atoms with van der Waals surface area (Å²) in [5.41, 5.74) is 6.60. The Hall–Kier alpha value is -2.77. The van der Waals surface area contributed by atoms with Crippen molar-refractivity contribution in [2.24, 2.45) is 14.1 Å². The Morgan fingerprint density at radius 1 is 1.27 bits per heavy atom. The van der Waals surface area contributed by atoms with Crippen LogP contribution in [0.2, 0.25) is 0 Å². The van der Waals surface area contributed by atoms with Crippen molar-refractivity contribution in [3.8, 4) is 0 Å². The molecule has 2 aromatic heterocycles. The normalized spacial score (nSPS) is 10.5. The van der Waals surface area contributed by atoms with Crippen molar-refractivity contribution >= 4 is 23.3 Å². The Kier molecular flexibility index (Phi) is 4.50. The van der Waals surface area contributed by atoms with Gasteiger partial charge in [0.2, 0.25) is 5.91 Å². The number of carbonyl (C=O) groups is 2. The number of aryl methyl sites for hydroxylation is 3. The molecule has 0 aliphatic heterocycles. The highest BCUT2D eigenvalue weighted by atomic mass is 16.2. The third kappa shape index (κ3) is 3.66. The van der Waals surface area contributed by atoms with Gasteiger partial charge in [-0.3, -0.25) is 9.59 Å². The molecule has 0 fully saturated rings. The van der Waals surface area contributed by atoms with E-state index >= 15 is 0 Å². The lowest BCUT2D eigenvalue weighted by Crippen LogP contribution is -2.29. The topological polar surface area (TPSA) is 107 Å². The summed E-state index contributed by atoms with van der Waals surface area (Å²) < 4.78 is 3.46. The highest BCUT2D eigenvalue weighted by Gasteiger charge is 2.11. The van der Waals surface area contributed by atoms with Crippen molar-refractivity contribution in [2.75, 3.05) is 17.6 Å². The van der Waals surface area contributed by atoms with Gasteiger partial charge in [-0.05, 0) is 13.0 Å². The van der Waals surface area contributed by atoms with E-state index < -0.39 is 0 Å². The number of hydrogen-bond donors (Lipinski definition) is 3. The van der Waals surface area contributed by atoms with Crippen molar-refractivity contribution < 1.29 is 9.59 Å². The van der Waals surface area contributed by atoms with Crippen molar-refractivity contribution in [1.82, 2.24) is 19.4 Å². The Balaban J connectivity index is 1.79. The summed E-state index contributed by atoms with van der Waals surface area (Å²) in [5.74, 6) is 0.849. The van der Waals surface area contributed by atoms with E-state index in [4.69, 9.17) is 5.73 Å². The van der Waals surface area contributed by atoms with Crippen LogP contribution in [-0.4, -0.2) is 32.5 Å². The number of nitrogens with one attached hydrogen (secondary N) is 2. The standard InChI is InChI=1S/C14H20N6O2/c1-9-17-12(8-19(9)2)18-13(21)4-5-16-14(22)11-6-10(15)7-20(11)3/h6-8H,4-5,15H2,1-3H3,(H,16,22)(H,18,21). The van der Waals surface area contributed by atoms with Gasteiger partial charge < -0.3 is 25.5 Å². The van der Waals surface area contributed by atoms with E-state index in [0.717, 1.165) is 5.82 Å². The fourth-order valence-corrected chi connectivity index (χ4v) is 2.02. The average molecular weight is 304 g/mol. The summed E-state index contributed by atoms with van der Waals surface area (Å²) in [7, 11) is 3.59. The smallest absolute Gasteiger partial charge is 0.267 e. The maximum absolute atomic E-state index is 11.9. The van der Waals surface area contributed by atoms with Gasteiger partial charge in [-0.25, -0.2) is 4.98 Å². The van der Waals surface area contributed by atoms with Gasteiger partial charge in [-0.1, -0.05) is 0 Å². The van der Waals surface area contributed by atoms with Crippen LogP contribution in [0.25, 0.3) is 0 Å². The molecular weight excluding hydrogens is 284 g/mol. The number of nitrogens with zero attached hydrogens (tertiary/aromatic N) is 3. The first-order valence-corrected chi connectivity index (χ1v) is 6.86. The molecule has 8 heteroatoms. The molecule has 0 radical (unpaired) electrons. The molecule has 2 amide bonds. The molecule has 4 N–H and O–H groups in total. The van der Waals surface area contributed by atoms with E-state index in [-0.39, 0.29) is 24.8 Å². The van der Waals surface area contributed by atoms with Crippen molar-refractivity contribution in [1.29, 1.82) is 0 Å². The van der Waals surface area contributed by atoms with Crippen LogP contribution >= 0.6 is 0 Å². The Morgan fingerprint density at radius 2 is 2.00 bits per heavy atom. The molecule has 0 atom stereocenters. The van der Waals surface area contributed by atoms with Crippen LogP contribution < -0.4 is 16.4 Å². The molecule has 2 aromatic rings. The highest BCUT2D eigenvalue weighted by molar-refractivity contribution is 5.94. The molecule has 0 aliphatic carbocycles. The van der Waals surface area contributed by atoms with Gasteiger partial charge in [-0.15, -0.1) is 0 Å². The van der Waals surface area contributed by atoms with Gasteiger partial charge in [-0.2, -0.15) is 0 Å². The zero-order valence-electron chi connectivity index (χ0n) is 12.9. The van der Waals surface area contributed by atoms with Crippen molar-refractivity contribution in [2.45, 2.75) is 13.3 Å². The predicted molar refractivity (Wildman–Crippen MR) is 83.4 cm³/mol. The number of hydrogen-bond acceptors (Lipinski definition) is 4. The number of nitrogens with two attached hydrogens (primary N) is 1. The van der Waals surface area contributed by atoms with Crippen LogP contribution in [0.3, 0.4) is 0 Å². The second-order valence-electron chi connectivity index (χ2n) is 5.11. The molecule has 0 saturated carbocycles. The van der Waals surface area contributed by atoms with Gasteiger partial charge in [0, 0.05) is 39.5 Å². The zero-order chi connectivity index (χ0) is 16.3. The molecule has 22 heavy (non-hydrogen) atoms. The van der Waals surface area contributed by atoms with Crippen LogP contribution in [0.1, 0.15) is 22.7 Å². The fraction of sp³-hybridized carbons (Fsp3) is 0.357. The molecule has 0 spiro atoms. The minimum Gasteiger partial charge on any atom is -0.397 e. The Labute approximate surface area is 128 Å². The zero-order valence-corrected chi connectivity index (χ0v) is 12.9. The quantitative estimate of drug-likeness (QED) is 0.743. The molecule has 8 nitrogen and oxygen atoms in total. The van der Waals surface area contributed by atoms with Crippen LogP contribution in [0.5, 0.6) is 0 Å². The van der Waals surface area contributed by atoms with Crippen LogP contribution in [0.4, 0.5) is 11.5 Å². The predicted octanol–water partition coefficient (Wildman–Crippen LogP) is 0.408. The van der Waals surface area contributed by atoms with Crippen LogP contribution in [0.15, 0.2) is 18.5 Å². The lowest BCUT2D eigenvalue weighted by molar-refractivity contribution is -0.116. The van der Waals surface area contributed by atoms with Gasteiger partial charge in [0.15, 0.2) is 5.82 Å². The largest absolute Gasteiger partial charge is 0.397 e. The lowest BCUT2D eigenvalue weighted by atomic mass is 10.3. The SMILES string of the molecule is Cc1nc(NC(=O)CCNC(=O)c2cc(N)cn2C)cn1C. The summed E-state index contributed by atoms with van der Waals surface area (Å²) in [5, 5.41) is 5.37. The van der Waals surface area contributed by atoms with E-state index in [9.17, 15) is 9.59 Å². The molecule has 2 rings (SSSR count). The highest BCUT2D eigenvalue weighted by Crippen LogP contribution is 2.08. The summed E-state index contributed by atoms with van der Waals surface area (Å²) >= 11 is 0. The molecule has 0 bridgehead atoms. The minimum absolute atomic E-state index is 0.168. The fourth-order valence-electron chi connectivity index (χ4n) is 2.02. The molecule has 2 heterocycles. The first-order chi connectivity index (χ1) is 10.4. The maximum atomic E-state index is 11.9. The molecule has 0 aliphatic rings. The van der Waals surface area contributed by atoms with Gasteiger partial charge in [0.25, 0.3) is 5.91 Å². The van der Waals surface area contributed by atoms with E-state index in [1.807, 2.05) is 18.5 Å². The number of aromatic nitrogens is 3. The molecule has 0 aromatic carbocycles. The minimum atomic E-state index is -0.263. The third-order valence-electron chi connectivity index (χ3n) is 3.27.